The Morgan fingerprint density at radius 3 is 2.60 bits per heavy atom. The van der Waals surface area contributed by atoms with Crippen LogP contribution in [0.25, 0.3) is 11.0 Å². The minimum absolute atomic E-state index is 0.0211. The van der Waals surface area contributed by atoms with Crippen LogP contribution in [-0.4, -0.2) is 75.6 Å². The van der Waals surface area contributed by atoms with Gasteiger partial charge in [0.05, 0.1) is 23.0 Å². The van der Waals surface area contributed by atoms with Crippen molar-refractivity contribution in [2.24, 2.45) is 0 Å². The summed E-state index contributed by atoms with van der Waals surface area (Å²) in [6, 6.07) is 2.89. The summed E-state index contributed by atoms with van der Waals surface area (Å²) in [5, 5.41) is 14.9. The van der Waals surface area contributed by atoms with Gasteiger partial charge in [0, 0.05) is 43.9 Å². The number of hydrogen-bond donors (Lipinski definition) is 2. The van der Waals surface area contributed by atoms with Crippen molar-refractivity contribution < 1.29 is 18.3 Å². The fourth-order valence-electron chi connectivity index (χ4n) is 5.01. The van der Waals surface area contributed by atoms with Crippen LogP contribution >= 0.6 is 0 Å². The Labute approximate surface area is 206 Å². The van der Waals surface area contributed by atoms with E-state index in [4.69, 9.17) is 4.74 Å². The smallest absolute Gasteiger partial charge is 0.252 e. The van der Waals surface area contributed by atoms with Gasteiger partial charge in [0.25, 0.3) is 5.56 Å². The van der Waals surface area contributed by atoms with Crippen molar-refractivity contribution in [3.63, 3.8) is 0 Å². The number of nitrogens with zero attached hydrogens (tertiary/aromatic N) is 4. The van der Waals surface area contributed by atoms with Crippen molar-refractivity contribution in [3.05, 3.63) is 28.7 Å². The summed E-state index contributed by atoms with van der Waals surface area (Å²) in [6.45, 7) is 6.40. The first-order chi connectivity index (χ1) is 16.4. The van der Waals surface area contributed by atoms with Crippen LogP contribution in [0, 0.1) is 0 Å². The highest BCUT2D eigenvalue weighted by molar-refractivity contribution is 7.89. The fraction of sp³-hybridized carbons (Fsp3) is 0.708. The molecule has 0 amide bonds. The lowest BCUT2D eigenvalue weighted by Crippen LogP contribution is -2.44. The molecule has 10 nitrogen and oxygen atoms in total. The highest BCUT2D eigenvalue weighted by atomic mass is 32.2. The van der Waals surface area contributed by atoms with Gasteiger partial charge in [-0.1, -0.05) is 0 Å². The zero-order valence-corrected chi connectivity index (χ0v) is 21.8. The van der Waals surface area contributed by atoms with Gasteiger partial charge in [-0.15, -0.1) is 0 Å². The molecule has 2 atom stereocenters. The van der Waals surface area contributed by atoms with E-state index in [9.17, 15) is 18.3 Å². The minimum atomic E-state index is -3.35. The molecule has 4 rings (SSSR count). The van der Waals surface area contributed by atoms with Gasteiger partial charge in [0.15, 0.2) is 0 Å². The molecule has 1 aliphatic carbocycles. The molecule has 1 aliphatic heterocycles. The number of rotatable bonds is 8. The quantitative estimate of drug-likeness (QED) is 0.557. The maximum absolute atomic E-state index is 12.8. The predicted octanol–water partition coefficient (Wildman–Crippen LogP) is 2.29. The summed E-state index contributed by atoms with van der Waals surface area (Å²) in [4.78, 5) is 21.9. The second-order valence-corrected chi connectivity index (χ2v) is 12.7. The zero-order valence-electron chi connectivity index (χ0n) is 21.0. The molecule has 0 unspecified atom stereocenters. The number of aliphatic hydroxyl groups is 1. The largest absolute Gasteiger partial charge is 0.388 e. The molecule has 1 saturated heterocycles. The summed E-state index contributed by atoms with van der Waals surface area (Å²) in [5.41, 5.74) is -1.13. The van der Waals surface area contributed by atoms with Crippen LogP contribution in [0.3, 0.4) is 0 Å². The molecular formula is C24H37N5O5S. The average Bonchev–Trinajstić information content (AvgIpc) is 3.16. The van der Waals surface area contributed by atoms with E-state index in [0.717, 1.165) is 11.8 Å². The molecule has 0 aromatic carbocycles. The molecule has 0 spiro atoms. The van der Waals surface area contributed by atoms with Crippen molar-refractivity contribution in [2.75, 3.05) is 31.3 Å². The van der Waals surface area contributed by atoms with Crippen molar-refractivity contribution >= 4 is 27.0 Å². The molecule has 2 aliphatic rings. The van der Waals surface area contributed by atoms with Crippen LogP contribution in [0.1, 0.15) is 65.3 Å². The number of sulfonamides is 1. The Morgan fingerprint density at radius 2 is 1.97 bits per heavy atom. The number of hydrogen-bond acceptors (Lipinski definition) is 8. The lowest BCUT2D eigenvalue weighted by molar-refractivity contribution is 0.0200. The van der Waals surface area contributed by atoms with Crippen LogP contribution in [0.4, 0.5) is 5.95 Å². The summed E-state index contributed by atoms with van der Waals surface area (Å²) < 4.78 is 34.1. The Balaban J connectivity index is 1.46. The van der Waals surface area contributed by atoms with E-state index in [0.29, 0.717) is 56.8 Å². The highest BCUT2D eigenvalue weighted by Crippen LogP contribution is 2.39. The number of nitrogens with one attached hydrogen (secondary N) is 1. The molecule has 35 heavy (non-hydrogen) atoms. The van der Waals surface area contributed by atoms with Gasteiger partial charge in [-0.3, -0.25) is 9.36 Å². The van der Waals surface area contributed by atoms with Crippen molar-refractivity contribution in [1.29, 1.82) is 0 Å². The van der Waals surface area contributed by atoms with E-state index in [1.807, 2.05) is 13.8 Å². The third kappa shape index (κ3) is 5.68. The fourth-order valence-corrected chi connectivity index (χ4v) is 6.79. The normalized spacial score (nSPS) is 24.8. The zero-order chi connectivity index (χ0) is 25.4. The first-order valence-corrected chi connectivity index (χ1v) is 13.9. The summed E-state index contributed by atoms with van der Waals surface area (Å²) in [7, 11) is -1.76. The Morgan fingerprint density at radius 1 is 1.26 bits per heavy atom. The monoisotopic (exact) mass is 507 g/mol. The molecule has 3 heterocycles. The van der Waals surface area contributed by atoms with Gasteiger partial charge in [-0.2, -0.15) is 4.98 Å². The van der Waals surface area contributed by atoms with Gasteiger partial charge in [-0.25, -0.2) is 17.7 Å². The van der Waals surface area contributed by atoms with Crippen LogP contribution in [0.15, 0.2) is 23.1 Å². The van der Waals surface area contributed by atoms with Crippen LogP contribution in [-0.2, 0) is 14.8 Å². The van der Waals surface area contributed by atoms with Crippen molar-refractivity contribution in [1.82, 2.24) is 18.8 Å². The lowest BCUT2D eigenvalue weighted by Gasteiger charge is -2.32. The maximum Gasteiger partial charge on any atom is 0.252 e. The third-order valence-electron chi connectivity index (χ3n) is 7.55. The molecule has 0 bridgehead atoms. The molecule has 194 valence electrons. The molecule has 1 saturated carbocycles. The minimum Gasteiger partial charge on any atom is -0.388 e. The number of anilines is 1. The summed E-state index contributed by atoms with van der Waals surface area (Å²) in [6.07, 6.45) is 5.59. The first kappa shape index (κ1) is 26.0. The predicted molar refractivity (Wildman–Crippen MR) is 135 cm³/mol. The number of ether oxygens (including phenoxy) is 1. The number of piperidine rings is 1. The average molecular weight is 508 g/mol. The number of aromatic nitrogens is 3. The van der Waals surface area contributed by atoms with Gasteiger partial charge >= 0.3 is 0 Å². The number of pyridine rings is 1. The van der Waals surface area contributed by atoms with E-state index in [1.165, 1.54) is 6.07 Å². The first-order valence-electron chi connectivity index (χ1n) is 12.3. The summed E-state index contributed by atoms with van der Waals surface area (Å²) in [5.74, 6) is 0.458. The second kappa shape index (κ2) is 9.76. The van der Waals surface area contributed by atoms with E-state index in [-0.39, 0.29) is 23.4 Å². The topological polar surface area (TPSA) is 127 Å². The van der Waals surface area contributed by atoms with Gasteiger partial charge in [0.2, 0.25) is 16.0 Å². The Kier molecular flexibility index (Phi) is 7.25. The van der Waals surface area contributed by atoms with E-state index in [1.54, 1.807) is 35.2 Å². The third-order valence-corrected chi connectivity index (χ3v) is 9.42. The van der Waals surface area contributed by atoms with Crippen LogP contribution in [0.5, 0.6) is 0 Å². The van der Waals surface area contributed by atoms with E-state index < -0.39 is 21.2 Å². The van der Waals surface area contributed by atoms with Crippen LogP contribution in [0.2, 0.25) is 0 Å². The van der Waals surface area contributed by atoms with E-state index in [2.05, 4.69) is 15.3 Å². The van der Waals surface area contributed by atoms with Crippen molar-refractivity contribution in [3.8, 4) is 0 Å². The van der Waals surface area contributed by atoms with Crippen LogP contribution < -0.4 is 10.9 Å². The number of methoxy groups -OCH3 is 1. The second-order valence-electron chi connectivity index (χ2n) is 10.6. The molecule has 2 aromatic rings. The molecule has 2 aromatic heterocycles. The Hall–Kier alpha value is -2.08. The summed E-state index contributed by atoms with van der Waals surface area (Å²) >= 11 is 0. The van der Waals surface area contributed by atoms with E-state index >= 15 is 0 Å². The van der Waals surface area contributed by atoms with Gasteiger partial charge < -0.3 is 15.2 Å². The maximum atomic E-state index is 12.8. The Bertz CT molecular complexity index is 1220. The number of fused-ring (bicyclic) bond motifs is 1. The SMILES string of the molecule is COC(C)(C)CCS(=O)(=O)N1CCC(Nc2ncc3ccc(=O)n([C@H]4CCC[C@]4(C)O)c3n2)CC1. The van der Waals surface area contributed by atoms with Gasteiger partial charge in [-0.05, 0) is 65.4 Å². The molecule has 2 N–H and O–H groups in total. The van der Waals surface area contributed by atoms with Gasteiger partial charge in [0.1, 0.15) is 5.65 Å². The van der Waals surface area contributed by atoms with Crippen molar-refractivity contribution in [2.45, 2.75) is 82.6 Å². The molecule has 11 heteroatoms. The molecular weight excluding hydrogens is 470 g/mol. The molecule has 0 radical (unpaired) electrons. The highest BCUT2D eigenvalue weighted by Gasteiger charge is 2.39. The standard InChI is InChI=1S/C24H37N5O5S/c1-23(2,34-4)12-15-35(32,33)28-13-9-18(10-14-28)26-22-25-16-17-7-8-20(30)29(21(17)27-22)19-6-5-11-24(19,3)31/h7-8,16,18-19,31H,5-6,9-15H2,1-4H3,(H,25,26,27)/t19-,24-/m0/s1. The lowest BCUT2D eigenvalue weighted by atomic mass is 10.00. The molecule has 2 fully saturated rings.